The minimum absolute atomic E-state index is 0.0284. The molecule has 0 bridgehead atoms. The van der Waals surface area contributed by atoms with E-state index in [1.165, 1.54) is 16.7 Å². The van der Waals surface area contributed by atoms with Crippen molar-refractivity contribution in [3.63, 3.8) is 0 Å². The van der Waals surface area contributed by atoms with Gasteiger partial charge in [-0.3, -0.25) is 0 Å². The number of benzene rings is 2. The summed E-state index contributed by atoms with van der Waals surface area (Å²) in [6.07, 6.45) is 2.87. The first kappa shape index (κ1) is 16.7. The van der Waals surface area contributed by atoms with Gasteiger partial charge in [0.2, 0.25) is 0 Å². The highest BCUT2D eigenvalue weighted by Crippen LogP contribution is 2.36. The fourth-order valence-corrected chi connectivity index (χ4v) is 4.20. The first-order valence-electron chi connectivity index (χ1n) is 9.33. The van der Waals surface area contributed by atoms with Crippen molar-refractivity contribution in [3.05, 3.63) is 66.5 Å². The van der Waals surface area contributed by atoms with Crippen molar-refractivity contribution in [2.24, 2.45) is 0 Å². The summed E-state index contributed by atoms with van der Waals surface area (Å²) in [7, 11) is 0. The average Bonchev–Trinajstić information content (AvgIpc) is 3.40. The molecule has 138 valence electrons. The number of hydrogen-bond donors (Lipinski definition) is 1. The van der Waals surface area contributed by atoms with Crippen LogP contribution in [-0.2, 0) is 9.47 Å². The van der Waals surface area contributed by atoms with Crippen molar-refractivity contribution in [1.29, 1.82) is 0 Å². The Morgan fingerprint density at radius 1 is 0.963 bits per heavy atom. The van der Waals surface area contributed by atoms with Crippen LogP contribution in [0, 0.1) is 6.92 Å². The molecule has 0 spiro atoms. The molecule has 5 heteroatoms. The second-order valence-electron chi connectivity index (χ2n) is 7.28. The van der Waals surface area contributed by atoms with E-state index in [9.17, 15) is 5.11 Å². The van der Waals surface area contributed by atoms with Crippen molar-refractivity contribution in [3.8, 4) is 22.5 Å². The monoisotopic (exact) mass is 362 g/mol. The normalized spacial score (nSPS) is 27.0. The van der Waals surface area contributed by atoms with Crippen LogP contribution in [0.5, 0.6) is 0 Å². The van der Waals surface area contributed by atoms with Gasteiger partial charge < -0.3 is 19.1 Å². The molecule has 0 radical (unpaired) electrons. The molecule has 27 heavy (non-hydrogen) atoms. The quantitative estimate of drug-likeness (QED) is 0.777. The summed E-state index contributed by atoms with van der Waals surface area (Å²) in [4.78, 5) is 4.57. The van der Waals surface area contributed by atoms with Gasteiger partial charge in [-0.05, 0) is 23.6 Å². The van der Waals surface area contributed by atoms with E-state index in [1.54, 1.807) is 0 Å². The van der Waals surface area contributed by atoms with E-state index < -0.39 is 6.10 Å². The molecule has 0 unspecified atom stereocenters. The predicted octanol–water partition coefficient (Wildman–Crippen LogP) is 3.23. The minimum atomic E-state index is -0.541. The van der Waals surface area contributed by atoms with E-state index in [0.29, 0.717) is 13.2 Å². The number of aliphatic hydroxyl groups is 1. The maximum Gasteiger partial charge on any atom is 0.140 e. The number of hydrogen-bond acceptors (Lipinski definition) is 4. The Bertz CT molecular complexity index is 950. The fourth-order valence-electron chi connectivity index (χ4n) is 4.20. The number of aryl methyl sites for hydroxylation is 1. The molecule has 0 amide bonds. The molecule has 5 nitrogen and oxygen atoms in total. The Hall–Kier alpha value is -2.47. The van der Waals surface area contributed by atoms with Crippen LogP contribution in [0.25, 0.3) is 22.5 Å². The van der Waals surface area contributed by atoms with Crippen molar-refractivity contribution in [2.45, 2.75) is 31.3 Å². The minimum Gasteiger partial charge on any atom is -0.388 e. The average molecular weight is 362 g/mol. The molecular formula is C22H22N2O3. The molecule has 2 aliphatic heterocycles. The van der Waals surface area contributed by atoms with E-state index in [4.69, 9.17) is 9.47 Å². The van der Waals surface area contributed by atoms with E-state index in [2.05, 4.69) is 65.0 Å². The Morgan fingerprint density at radius 2 is 1.70 bits per heavy atom. The topological polar surface area (TPSA) is 56.5 Å². The van der Waals surface area contributed by atoms with Gasteiger partial charge in [-0.15, -0.1) is 0 Å². The Balaban J connectivity index is 1.45. The maximum atomic E-state index is 9.99. The van der Waals surface area contributed by atoms with Crippen LogP contribution in [0.15, 0.2) is 60.9 Å². The van der Waals surface area contributed by atoms with Crippen LogP contribution in [0.3, 0.4) is 0 Å². The highest BCUT2D eigenvalue weighted by Gasteiger charge is 2.48. The molecule has 1 N–H and O–H groups in total. The second-order valence-corrected chi connectivity index (χ2v) is 7.28. The molecule has 5 rings (SSSR count). The lowest BCUT2D eigenvalue weighted by Gasteiger charge is -2.19. The number of ether oxygens (including phenoxy) is 2. The maximum absolute atomic E-state index is 9.99. The number of rotatable bonds is 3. The van der Waals surface area contributed by atoms with E-state index in [-0.39, 0.29) is 18.2 Å². The molecule has 0 aliphatic carbocycles. The fraction of sp³-hybridized carbons (Fsp3) is 0.318. The van der Waals surface area contributed by atoms with Gasteiger partial charge in [0.25, 0.3) is 0 Å². The zero-order valence-corrected chi connectivity index (χ0v) is 15.2. The van der Waals surface area contributed by atoms with Crippen molar-refractivity contribution in [1.82, 2.24) is 9.55 Å². The van der Waals surface area contributed by atoms with Gasteiger partial charge in [-0.2, -0.15) is 0 Å². The van der Waals surface area contributed by atoms with Crippen molar-refractivity contribution < 1.29 is 14.6 Å². The molecule has 2 aromatic carbocycles. The standard InChI is InChI=1S/C22H22N2O3/c1-14-4-2-3-5-17(14)15-6-8-16(9-7-15)22-23-10-11-24(22)18-12-26-21-19(25)13-27-20(18)21/h2-11,18-21,25H,12-13H2,1H3/t18-,19-,20-,21-/m1/s1. The summed E-state index contributed by atoms with van der Waals surface area (Å²) < 4.78 is 13.7. The van der Waals surface area contributed by atoms with Gasteiger partial charge in [-0.1, -0.05) is 48.5 Å². The Labute approximate surface area is 158 Å². The summed E-state index contributed by atoms with van der Waals surface area (Å²) in [5.74, 6) is 0.894. The summed E-state index contributed by atoms with van der Waals surface area (Å²) in [6, 6.07) is 16.9. The smallest absolute Gasteiger partial charge is 0.140 e. The summed E-state index contributed by atoms with van der Waals surface area (Å²) >= 11 is 0. The Morgan fingerprint density at radius 3 is 2.52 bits per heavy atom. The molecule has 1 aromatic heterocycles. The van der Waals surface area contributed by atoms with Gasteiger partial charge in [0, 0.05) is 18.0 Å². The molecule has 2 saturated heterocycles. The predicted molar refractivity (Wildman–Crippen MR) is 102 cm³/mol. The highest BCUT2D eigenvalue weighted by molar-refractivity contribution is 5.70. The third-order valence-electron chi connectivity index (χ3n) is 5.63. The molecule has 3 aromatic rings. The molecule has 2 aliphatic rings. The number of aliphatic hydroxyl groups excluding tert-OH is 1. The number of imidazole rings is 1. The van der Waals surface area contributed by atoms with Gasteiger partial charge in [0.05, 0.1) is 19.3 Å². The van der Waals surface area contributed by atoms with Crippen LogP contribution in [-0.4, -0.2) is 46.2 Å². The lowest BCUT2D eigenvalue weighted by atomic mass is 9.99. The second kappa shape index (κ2) is 6.60. The van der Waals surface area contributed by atoms with Gasteiger partial charge in [-0.25, -0.2) is 4.98 Å². The Kier molecular flexibility index (Phi) is 4.08. The van der Waals surface area contributed by atoms with Crippen molar-refractivity contribution in [2.75, 3.05) is 13.2 Å². The van der Waals surface area contributed by atoms with E-state index >= 15 is 0 Å². The number of nitrogens with zero attached hydrogens (tertiary/aromatic N) is 2. The zero-order chi connectivity index (χ0) is 18.4. The summed E-state index contributed by atoms with van der Waals surface area (Å²) in [6.45, 7) is 2.99. The van der Waals surface area contributed by atoms with Crippen LogP contribution in [0.2, 0.25) is 0 Å². The molecule has 2 fully saturated rings. The molecular weight excluding hydrogens is 340 g/mol. The number of fused-ring (bicyclic) bond motifs is 1. The van der Waals surface area contributed by atoms with Crippen LogP contribution >= 0.6 is 0 Å². The third-order valence-corrected chi connectivity index (χ3v) is 5.63. The molecule has 0 saturated carbocycles. The largest absolute Gasteiger partial charge is 0.388 e. The van der Waals surface area contributed by atoms with Gasteiger partial charge in [0.1, 0.15) is 24.1 Å². The van der Waals surface area contributed by atoms with Crippen LogP contribution < -0.4 is 0 Å². The SMILES string of the molecule is Cc1ccccc1-c1ccc(-c2nccn2[C@@H]2CO[C@H]3[C@@H]2OC[C@H]3O)cc1. The third kappa shape index (κ3) is 2.79. The van der Waals surface area contributed by atoms with Crippen LogP contribution in [0.1, 0.15) is 11.6 Å². The molecule has 4 atom stereocenters. The van der Waals surface area contributed by atoms with Crippen LogP contribution in [0.4, 0.5) is 0 Å². The highest BCUT2D eigenvalue weighted by atomic mass is 16.6. The first-order chi connectivity index (χ1) is 13.2. The summed E-state index contributed by atoms with van der Waals surface area (Å²) in [5, 5.41) is 9.99. The summed E-state index contributed by atoms with van der Waals surface area (Å²) in [5.41, 5.74) is 4.76. The zero-order valence-electron chi connectivity index (χ0n) is 15.2. The van der Waals surface area contributed by atoms with E-state index in [0.717, 1.165) is 11.4 Å². The first-order valence-corrected chi connectivity index (χ1v) is 9.33. The lowest BCUT2D eigenvalue weighted by molar-refractivity contribution is 0.0172. The van der Waals surface area contributed by atoms with Crippen molar-refractivity contribution >= 4 is 0 Å². The molecule has 3 heterocycles. The lowest BCUT2D eigenvalue weighted by Crippen LogP contribution is -2.30. The van der Waals surface area contributed by atoms with E-state index in [1.807, 2.05) is 12.4 Å². The van der Waals surface area contributed by atoms with Gasteiger partial charge >= 0.3 is 0 Å². The van der Waals surface area contributed by atoms with Gasteiger partial charge in [0.15, 0.2) is 0 Å². The number of aromatic nitrogens is 2.